The molecule has 0 amide bonds. The van der Waals surface area contributed by atoms with E-state index in [1.54, 1.807) is 0 Å². The highest BCUT2D eigenvalue weighted by Crippen LogP contribution is 2.56. The molecule has 0 radical (unpaired) electrons. The SMILES string of the molecule is S=P(Cl)(Cl)Oc1cnccn1. The Morgan fingerprint density at radius 3 is 2.64 bits per heavy atom. The maximum Gasteiger partial charge on any atom is 0.290 e. The first-order valence-electron chi connectivity index (χ1n) is 2.53. The molecular weight excluding hydrogens is 226 g/mol. The summed E-state index contributed by atoms with van der Waals surface area (Å²) in [6.07, 6.45) is 4.37. The Labute approximate surface area is 78.4 Å². The van der Waals surface area contributed by atoms with E-state index in [2.05, 4.69) is 21.8 Å². The molecule has 0 aliphatic carbocycles. The van der Waals surface area contributed by atoms with Crippen molar-refractivity contribution in [2.24, 2.45) is 0 Å². The van der Waals surface area contributed by atoms with E-state index in [0.29, 0.717) is 0 Å². The van der Waals surface area contributed by atoms with Crippen LogP contribution in [0.2, 0.25) is 0 Å². The Bertz CT molecular complexity index is 277. The molecule has 0 aliphatic rings. The number of hydrogen-bond acceptors (Lipinski definition) is 4. The summed E-state index contributed by atoms with van der Waals surface area (Å²) in [6.45, 7) is 0. The Balaban J connectivity index is 2.74. The van der Waals surface area contributed by atoms with Gasteiger partial charge in [0.25, 0.3) is 4.97 Å². The normalized spacial score (nSPS) is 11.1. The molecule has 0 bridgehead atoms. The minimum Gasteiger partial charge on any atom is -0.421 e. The van der Waals surface area contributed by atoms with Crippen LogP contribution in [0.5, 0.6) is 5.88 Å². The van der Waals surface area contributed by atoms with Crippen molar-refractivity contribution in [1.82, 2.24) is 9.97 Å². The van der Waals surface area contributed by atoms with Crippen molar-refractivity contribution in [2.75, 3.05) is 0 Å². The van der Waals surface area contributed by atoms with E-state index < -0.39 is 4.97 Å². The van der Waals surface area contributed by atoms with E-state index >= 15 is 0 Å². The van der Waals surface area contributed by atoms with Crippen molar-refractivity contribution in [1.29, 1.82) is 0 Å². The van der Waals surface area contributed by atoms with E-state index in [9.17, 15) is 0 Å². The molecule has 1 aromatic rings. The van der Waals surface area contributed by atoms with Gasteiger partial charge in [0, 0.05) is 12.4 Å². The van der Waals surface area contributed by atoms with E-state index in [-0.39, 0.29) is 5.88 Å². The molecule has 7 heteroatoms. The van der Waals surface area contributed by atoms with Crippen molar-refractivity contribution in [3.05, 3.63) is 18.6 Å². The van der Waals surface area contributed by atoms with Gasteiger partial charge in [0.15, 0.2) is 0 Å². The van der Waals surface area contributed by atoms with E-state index in [0.717, 1.165) is 0 Å². The number of nitrogens with zero attached hydrogens (tertiary/aromatic N) is 2. The van der Waals surface area contributed by atoms with Crippen molar-refractivity contribution >= 4 is 39.3 Å². The van der Waals surface area contributed by atoms with E-state index in [4.69, 9.17) is 27.0 Å². The summed E-state index contributed by atoms with van der Waals surface area (Å²) < 4.78 is 4.88. The fourth-order valence-electron chi connectivity index (χ4n) is 0.441. The highest BCUT2D eigenvalue weighted by molar-refractivity contribution is 8.36. The highest BCUT2D eigenvalue weighted by Gasteiger charge is 2.10. The summed E-state index contributed by atoms with van der Waals surface area (Å²) >= 11 is 15.6. The van der Waals surface area contributed by atoms with E-state index in [1.165, 1.54) is 18.6 Å². The smallest absolute Gasteiger partial charge is 0.290 e. The van der Waals surface area contributed by atoms with Crippen LogP contribution in [0.4, 0.5) is 0 Å². The van der Waals surface area contributed by atoms with Gasteiger partial charge in [0.1, 0.15) is 0 Å². The molecule has 0 spiro atoms. The van der Waals surface area contributed by atoms with Gasteiger partial charge < -0.3 is 4.52 Å². The standard InChI is InChI=1S/C4H3Cl2N2OPS/c5-10(6,11)9-4-3-7-1-2-8-4/h1-3H. The van der Waals surface area contributed by atoms with Gasteiger partial charge in [-0.25, -0.2) is 4.98 Å². The van der Waals surface area contributed by atoms with Crippen LogP contribution in [0.25, 0.3) is 0 Å². The zero-order chi connectivity index (χ0) is 8.32. The van der Waals surface area contributed by atoms with Crippen molar-refractivity contribution in [3.8, 4) is 5.88 Å². The fraction of sp³-hybridized carbons (Fsp3) is 0. The molecule has 0 saturated carbocycles. The van der Waals surface area contributed by atoms with Gasteiger partial charge in [0.2, 0.25) is 5.88 Å². The van der Waals surface area contributed by atoms with Crippen molar-refractivity contribution in [3.63, 3.8) is 0 Å². The molecule has 1 heterocycles. The summed E-state index contributed by atoms with van der Waals surface area (Å²) in [5.74, 6) is 0.251. The maximum atomic E-state index is 5.47. The third-order valence-electron chi connectivity index (χ3n) is 0.739. The Hall–Kier alpha value is 0.110. The molecule has 0 aromatic carbocycles. The number of halogens is 2. The third kappa shape index (κ3) is 3.87. The van der Waals surface area contributed by atoms with E-state index in [1.807, 2.05) is 0 Å². The summed E-state index contributed by atoms with van der Waals surface area (Å²) in [5.41, 5.74) is 0. The maximum absolute atomic E-state index is 5.47. The van der Waals surface area contributed by atoms with Crippen LogP contribution in [0.1, 0.15) is 0 Å². The lowest BCUT2D eigenvalue weighted by molar-refractivity contribution is 0.601. The number of aromatic nitrogens is 2. The third-order valence-corrected chi connectivity index (χ3v) is 1.78. The van der Waals surface area contributed by atoms with Gasteiger partial charge in [-0.15, -0.1) is 0 Å². The molecule has 3 nitrogen and oxygen atoms in total. The zero-order valence-electron chi connectivity index (χ0n) is 5.15. The van der Waals surface area contributed by atoms with Gasteiger partial charge in [-0.3, -0.25) is 4.98 Å². The van der Waals surface area contributed by atoms with Gasteiger partial charge >= 0.3 is 0 Å². The van der Waals surface area contributed by atoms with Gasteiger partial charge in [-0.1, -0.05) is 0 Å². The average molecular weight is 229 g/mol. The first kappa shape index (κ1) is 9.20. The molecule has 1 rings (SSSR count). The van der Waals surface area contributed by atoms with Gasteiger partial charge in [0.05, 0.1) is 6.20 Å². The fourth-order valence-corrected chi connectivity index (χ4v) is 1.41. The minimum atomic E-state index is -2.71. The van der Waals surface area contributed by atoms with Gasteiger partial charge in [-0.05, 0) is 34.3 Å². The lowest BCUT2D eigenvalue weighted by Crippen LogP contribution is -1.85. The van der Waals surface area contributed by atoms with Crippen molar-refractivity contribution in [2.45, 2.75) is 0 Å². The van der Waals surface area contributed by atoms with Crippen LogP contribution >= 0.6 is 27.5 Å². The lowest BCUT2D eigenvalue weighted by atomic mass is 10.7. The second-order valence-corrected chi connectivity index (χ2v) is 8.68. The summed E-state index contributed by atoms with van der Waals surface area (Å²) in [6, 6.07) is 0. The first-order valence-corrected chi connectivity index (χ1v) is 7.06. The quantitative estimate of drug-likeness (QED) is 0.730. The lowest BCUT2D eigenvalue weighted by Gasteiger charge is -2.05. The molecule has 60 valence electrons. The predicted molar refractivity (Wildman–Crippen MR) is 48.7 cm³/mol. The van der Waals surface area contributed by atoms with Gasteiger partial charge in [-0.2, -0.15) is 0 Å². The molecule has 0 aliphatic heterocycles. The molecule has 0 fully saturated rings. The van der Waals surface area contributed by atoms with Crippen LogP contribution in [-0.2, 0) is 11.8 Å². The molecule has 11 heavy (non-hydrogen) atoms. The average Bonchev–Trinajstić information content (AvgIpc) is 1.85. The zero-order valence-corrected chi connectivity index (χ0v) is 8.37. The van der Waals surface area contributed by atoms with Crippen molar-refractivity contribution < 1.29 is 4.52 Å². The first-order chi connectivity index (χ1) is 5.08. The Morgan fingerprint density at radius 2 is 2.18 bits per heavy atom. The van der Waals surface area contributed by atoms with Crippen LogP contribution in [0, 0.1) is 0 Å². The Kier molecular flexibility index (Phi) is 3.07. The summed E-state index contributed by atoms with van der Waals surface area (Å²) in [5, 5.41) is 0. The summed E-state index contributed by atoms with van der Waals surface area (Å²) in [7, 11) is 0. The second-order valence-electron chi connectivity index (χ2n) is 1.55. The molecule has 1 aromatic heterocycles. The van der Waals surface area contributed by atoms with Crippen LogP contribution in [0.3, 0.4) is 0 Å². The summed E-state index contributed by atoms with van der Waals surface area (Å²) in [4.78, 5) is 4.79. The highest BCUT2D eigenvalue weighted by atomic mass is 35.9. The Morgan fingerprint density at radius 1 is 1.45 bits per heavy atom. The minimum absolute atomic E-state index is 0.251. The van der Waals surface area contributed by atoms with Crippen LogP contribution in [0.15, 0.2) is 18.6 Å². The monoisotopic (exact) mass is 228 g/mol. The largest absolute Gasteiger partial charge is 0.421 e. The molecule has 0 N–H and O–H groups in total. The molecule has 0 unspecified atom stereocenters. The number of hydrogen-bond donors (Lipinski definition) is 0. The molecule has 0 saturated heterocycles. The molecule has 0 atom stereocenters. The van der Waals surface area contributed by atoms with Crippen LogP contribution in [-0.4, -0.2) is 9.97 Å². The predicted octanol–water partition coefficient (Wildman–Crippen LogP) is 2.56. The second kappa shape index (κ2) is 3.68. The number of rotatable bonds is 2. The topological polar surface area (TPSA) is 35.0 Å². The molecular formula is C4H3Cl2N2OPS. The van der Waals surface area contributed by atoms with Crippen LogP contribution < -0.4 is 4.52 Å².